The van der Waals surface area contributed by atoms with Gasteiger partial charge in [0.25, 0.3) is 0 Å². The Labute approximate surface area is 114 Å². The Bertz CT molecular complexity index is 734. The first kappa shape index (κ1) is 11.6. The smallest absolute Gasteiger partial charge is 0.147 e. The van der Waals surface area contributed by atoms with Gasteiger partial charge in [-0.15, -0.1) is 21.5 Å². The first-order valence-electron chi connectivity index (χ1n) is 5.65. The SMILES string of the molecule is Cc1cc(C)c(-c2nnc(Cl)c3ccccc23)s1. The summed E-state index contributed by atoms with van der Waals surface area (Å²) in [5.74, 6) is 0. The molecule has 0 fully saturated rings. The van der Waals surface area contributed by atoms with E-state index in [9.17, 15) is 0 Å². The van der Waals surface area contributed by atoms with Crippen LogP contribution in [-0.2, 0) is 0 Å². The summed E-state index contributed by atoms with van der Waals surface area (Å²) in [6.07, 6.45) is 0. The van der Waals surface area contributed by atoms with E-state index in [0.29, 0.717) is 5.15 Å². The molecule has 0 aliphatic carbocycles. The largest absolute Gasteiger partial charge is 0.159 e. The van der Waals surface area contributed by atoms with Crippen LogP contribution in [0.5, 0.6) is 0 Å². The third-order valence-electron chi connectivity index (χ3n) is 2.90. The molecule has 0 aliphatic heterocycles. The van der Waals surface area contributed by atoms with Gasteiger partial charge in [0.15, 0.2) is 5.15 Å². The highest BCUT2D eigenvalue weighted by atomic mass is 35.5. The molecule has 4 heteroatoms. The van der Waals surface area contributed by atoms with E-state index in [0.717, 1.165) is 16.5 Å². The van der Waals surface area contributed by atoms with Crippen molar-refractivity contribution in [3.05, 3.63) is 45.9 Å². The molecular formula is C14H11ClN2S. The predicted octanol–water partition coefficient (Wildman–Crippen LogP) is 4.63. The van der Waals surface area contributed by atoms with Gasteiger partial charge in [0.2, 0.25) is 0 Å². The quantitative estimate of drug-likeness (QED) is 0.647. The van der Waals surface area contributed by atoms with Gasteiger partial charge in [0.1, 0.15) is 5.69 Å². The van der Waals surface area contributed by atoms with E-state index in [1.165, 1.54) is 15.3 Å². The van der Waals surface area contributed by atoms with Gasteiger partial charge in [-0.25, -0.2) is 0 Å². The molecule has 3 aromatic rings. The number of aromatic nitrogens is 2. The summed E-state index contributed by atoms with van der Waals surface area (Å²) in [5.41, 5.74) is 2.16. The number of halogens is 1. The zero-order chi connectivity index (χ0) is 12.7. The van der Waals surface area contributed by atoms with Crippen molar-refractivity contribution < 1.29 is 0 Å². The minimum absolute atomic E-state index is 0.459. The zero-order valence-corrected chi connectivity index (χ0v) is 11.6. The van der Waals surface area contributed by atoms with Crippen molar-refractivity contribution in [1.29, 1.82) is 0 Å². The number of aryl methyl sites for hydroxylation is 2. The fraction of sp³-hybridized carbons (Fsp3) is 0.143. The average molecular weight is 275 g/mol. The number of thiophene rings is 1. The molecule has 0 bridgehead atoms. The molecule has 2 aromatic heterocycles. The Morgan fingerprint density at radius 2 is 1.78 bits per heavy atom. The lowest BCUT2D eigenvalue weighted by atomic mass is 10.1. The van der Waals surface area contributed by atoms with Gasteiger partial charge in [-0.05, 0) is 25.5 Å². The number of benzene rings is 1. The van der Waals surface area contributed by atoms with Crippen molar-refractivity contribution in [2.24, 2.45) is 0 Å². The Morgan fingerprint density at radius 1 is 1.06 bits per heavy atom. The van der Waals surface area contributed by atoms with Gasteiger partial charge in [-0.3, -0.25) is 0 Å². The van der Waals surface area contributed by atoms with Gasteiger partial charge in [-0.2, -0.15) is 0 Å². The molecule has 18 heavy (non-hydrogen) atoms. The van der Waals surface area contributed by atoms with Crippen LogP contribution in [-0.4, -0.2) is 10.2 Å². The van der Waals surface area contributed by atoms with Gasteiger partial charge in [0.05, 0.1) is 4.88 Å². The molecule has 0 aliphatic rings. The van der Waals surface area contributed by atoms with Crippen LogP contribution in [0.25, 0.3) is 21.3 Å². The van der Waals surface area contributed by atoms with E-state index in [1.807, 2.05) is 24.3 Å². The lowest BCUT2D eigenvalue weighted by molar-refractivity contribution is 1.06. The Balaban J connectivity index is 2.37. The van der Waals surface area contributed by atoms with Crippen LogP contribution < -0.4 is 0 Å². The zero-order valence-electron chi connectivity index (χ0n) is 10.1. The molecule has 3 rings (SSSR count). The molecule has 0 spiro atoms. The van der Waals surface area contributed by atoms with E-state index in [1.54, 1.807) is 11.3 Å². The number of hydrogen-bond donors (Lipinski definition) is 0. The Hall–Kier alpha value is -1.45. The third-order valence-corrected chi connectivity index (χ3v) is 4.34. The van der Waals surface area contributed by atoms with Crippen LogP contribution >= 0.6 is 22.9 Å². The second-order valence-corrected chi connectivity index (χ2v) is 5.87. The van der Waals surface area contributed by atoms with Crippen molar-refractivity contribution >= 4 is 33.7 Å². The molecule has 0 amide bonds. The van der Waals surface area contributed by atoms with Gasteiger partial charge < -0.3 is 0 Å². The average Bonchev–Trinajstić information content (AvgIpc) is 2.69. The molecule has 0 saturated carbocycles. The van der Waals surface area contributed by atoms with Crippen molar-refractivity contribution in [1.82, 2.24) is 10.2 Å². The second-order valence-electron chi connectivity index (χ2n) is 4.25. The molecule has 2 nitrogen and oxygen atoms in total. The number of fused-ring (bicyclic) bond motifs is 1. The van der Waals surface area contributed by atoms with Gasteiger partial charge >= 0.3 is 0 Å². The Kier molecular flexibility index (Phi) is 2.80. The molecule has 0 N–H and O–H groups in total. The van der Waals surface area contributed by atoms with Crippen molar-refractivity contribution in [3.63, 3.8) is 0 Å². The molecule has 0 saturated heterocycles. The lowest BCUT2D eigenvalue weighted by Gasteiger charge is -2.05. The van der Waals surface area contributed by atoms with Crippen LogP contribution in [0.2, 0.25) is 5.15 Å². The van der Waals surface area contributed by atoms with Crippen LogP contribution in [0.4, 0.5) is 0 Å². The first-order chi connectivity index (χ1) is 8.66. The molecular weight excluding hydrogens is 264 g/mol. The third kappa shape index (κ3) is 1.80. The van der Waals surface area contributed by atoms with Crippen molar-refractivity contribution in [3.8, 4) is 10.6 Å². The summed E-state index contributed by atoms with van der Waals surface area (Å²) in [6, 6.07) is 10.2. The topological polar surface area (TPSA) is 25.8 Å². The number of rotatable bonds is 1. The maximum absolute atomic E-state index is 6.09. The molecule has 0 unspecified atom stereocenters. The fourth-order valence-corrected chi connectivity index (χ4v) is 3.34. The first-order valence-corrected chi connectivity index (χ1v) is 6.84. The lowest BCUT2D eigenvalue weighted by Crippen LogP contribution is -1.90. The minimum atomic E-state index is 0.459. The van der Waals surface area contributed by atoms with Crippen molar-refractivity contribution in [2.45, 2.75) is 13.8 Å². The monoisotopic (exact) mass is 274 g/mol. The van der Waals surface area contributed by atoms with E-state index >= 15 is 0 Å². The van der Waals surface area contributed by atoms with E-state index in [-0.39, 0.29) is 0 Å². The van der Waals surface area contributed by atoms with Gasteiger partial charge in [0, 0.05) is 15.6 Å². The van der Waals surface area contributed by atoms with Gasteiger partial charge in [-0.1, -0.05) is 35.9 Å². The number of hydrogen-bond acceptors (Lipinski definition) is 3. The normalized spacial score (nSPS) is 11.1. The minimum Gasteiger partial charge on any atom is -0.147 e. The molecule has 1 aromatic carbocycles. The molecule has 0 atom stereocenters. The second kappa shape index (κ2) is 4.34. The predicted molar refractivity (Wildman–Crippen MR) is 77.3 cm³/mol. The van der Waals surface area contributed by atoms with E-state index < -0.39 is 0 Å². The van der Waals surface area contributed by atoms with Crippen molar-refractivity contribution in [2.75, 3.05) is 0 Å². The fourth-order valence-electron chi connectivity index (χ4n) is 2.12. The summed E-state index contributed by atoms with van der Waals surface area (Å²) < 4.78 is 0. The van der Waals surface area contributed by atoms with Crippen LogP contribution in [0.1, 0.15) is 10.4 Å². The van der Waals surface area contributed by atoms with Crippen LogP contribution in [0.15, 0.2) is 30.3 Å². The van der Waals surface area contributed by atoms with Crippen LogP contribution in [0, 0.1) is 13.8 Å². The highest BCUT2D eigenvalue weighted by molar-refractivity contribution is 7.15. The molecule has 90 valence electrons. The summed E-state index contributed by atoms with van der Waals surface area (Å²) in [6.45, 7) is 4.20. The molecule has 2 heterocycles. The number of nitrogens with zero attached hydrogens (tertiary/aromatic N) is 2. The van der Waals surface area contributed by atoms with Crippen LogP contribution in [0.3, 0.4) is 0 Å². The maximum Gasteiger partial charge on any atom is 0.159 e. The maximum atomic E-state index is 6.09. The summed E-state index contributed by atoms with van der Waals surface area (Å²) in [5, 5.41) is 10.8. The highest BCUT2D eigenvalue weighted by Crippen LogP contribution is 2.35. The van der Waals surface area contributed by atoms with E-state index in [2.05, 4.69) is 30.1 Å². The molecule has 0 radical (unpaired) electrons. The summed E-state index contributed by atoms with van der Waals surface area (Å²) >= 11 is 7.83. The highest BCUT2D eigenvalue weighted by Gasteiger charge is 2.13. The Morgan fingerprint density at radius 3 is 2.44 bits per heavy atom. The summed E-state index contributed by atoms with van der Waals surface area (Å²) in [4.78, 5) is 2.45. The summed E-state index contributed by atoms with van der Waals surface area (Å²) in [7, 11) is 0. The van der Waals surface area contributed by atoms with E-state index in [4.69, 9.17) is 11.6 Å². The standard InChI is InChI=1S/C14H11ClN2S/c1-8-7-9(2)18-13(8)12-10-5-3-4-6-11(10)14(15)17-16-12/h3-7H,1-2H3.